The zero-order valence-corrected chi connectivity index (χ0v) is 11.4. The molecule has 0 bridgehead atoms. The summed E-state index contributed by atoms with van der Waals surface area (Å²) in [5, 5.41) is 0.729. The van der Waals surface area contributed by atoms with Crippen molar-refractivity contribution in [2.45, 2.75) is 19.4 Å². The maximum atomic E-state index is 12.3. The SMILES string of the molecule is CC1CSC(=O)C2Cc3cc(Cl)ccc3N2C1=O. The normalized spacial score (nSPS) is 26.9. The Morgan fingerprint density at radius 1 is 1.39 bits per heavy atom. The average Bonchev–Trinajstić information content (AvgIpc) is 2.68. The van der Waals surface area contributed by atoms with Crippen LogP contribution in [0.1, 0.15) is 12.5 Å². The number of carbonyl (C=O) groups is 2. The molecule has 0 aromatic heterocycles. The van der Waals surface area contributed by atoms with Crippen LogP contribution in [0.25, 0.3) is 0 Å². The number of anilines is 1. The van der Waals surface area contributed by atoms with Gasteiger partial charge in [-0.05, 0) is 23.8 Å². The molecule has 2 atom stereocenters. The molecule has 0 saturated carbocycles. The molecule has 0 N–H and O–H groups in total. The molecular formula is C13H12ClNO2S. The molecule has 1 aromatic rings. The Bertz CT molecular complexity index is 546. The summed E-state index contributed by atoms with van der Waals surface area (Å²) in [6.45, 7) is 1.87. The predicted octanol–water partition coefficient (Wildman–Crippen LogP) is 2.51. The van der Waals surface area contributed by atoms with E-state index in [0.29, 0.717) is 17.2 Å². The first-order valence-electron chi connectivity index (χ1n) is 5.86. The molecule has 94 valence electrons. The number of nitrogens with zero attached hydrogens (tertiary/aromatic N) is 1. The van der Waals surface area contributed by atoms with Gasteiger partial charge in [0.2, 0.25) is 11.0 Å². The van der Waals surface area contributed by atoms with Crippen LogP contribution in [-0.4, -0.2) is 22.8 Å². The lowest BCUT2D eigenvalue weighted by Gasteiger charge is -2.23. The van der Waals surface area contributed by atoms with Crippen LogP contribution in [0.15, 0.2) is 18.2 Å². The fourth-order valence-electron chi connectivity index (χ4n) is 2.49. The van der Waals surface area contributed by atoms with Gasteiger partial charge in [-0.15, -0.1) is 0 Å². The summed E-state index contributed by atoms with van der Waals surface area (Å²) in [6, 6.07) is 5.11. The number of fused-ring (bicyclic) bond motifs is 3. The molecule has 1 aromatic carbocycles. The highest BCUT2D eigenvalue weighted by Gasteiger charge is 2.42. The highest BCUT2D eigenvalue weighted by Crippen LogP contribution is 2.38. The van der Waals surface area contributed by atoms with Gasteiger partial charge >= 0.3 is 0 Å². The molecule has 0 spiro atoms. The van der Waals surface area contributed by atoms with Gasteiger partial charge in [0.25, 0.3) is 0 Å². The van der Waals surface area contributed by atoms with Crippen LogP contribution in [0, 0.1) is 5.92 Å². The monoisotopic (exact) mass is 281 g/mol. The summed E-state index contributed by atoms with van der Waals surface area (Å²) in [7, 11) is 0. The lowest BCUT2D eigenvalue weighted by molar-refractivity contribution is -0.123. The number of thioether (sulfide) groups is 1. The largest absolute Gasteiger partial charge is 0.300 e. The van der Waals surface area contributed by atoms with E-state index in [2.05, 4.69) is 0 Å². The van der Waals surface area contributed by atoms with Gasteiger partial charge in [0.15, 0.2) is 0 Å². The van der Waals surface area contributed by atoms with E-state index in [0.717, 1.165) is 11.3 Å². The van der Waals surface area contributed by atoms with Gasteiger partial charge < -0.3 is 4.90 Å². The molecule has 3 rings (SSSR count). The number of rotatable bonds is 0. The quantitative estimate of drug-likeness (QED) is 0.733. The van der Waals surface area contributed by atoms with Gasteiger partial charge in [0.05, 0.1) is 0 Å². The average molecular weight is 282 g/mol. The molecule has 18 heavy (non-hydrogen) atoms. The molecule has 0 aliphatic carbocycles. The third kappa shape index (κ3) is 1.75. The lowest BCUT2D eigenvalue weighted by Crippen LogP contribution is -2.42. The van der Waals surface area contributed by atoms with Crippen molar-refractivity contribution >= 4 is 40.1 Å². The van der Waals surface area contributed by atoms with E-state index in [4.69, 9.17) is 11.6 Å². The van der Waals surface area contributed by atoms with Gasteiger partial charge in [0, 0.05) is 28.8 Å². The fraction of sp³-hybridized carbons (Fsp3) is 0.385. The molecule has 2 aliphatic heterocycles. The molecule has 5 heteroatoms. The van der Waals surface area contributed by atoms with Crippen LogP contribution in [0.5, 0.6) is 0 Å². The van der Waals surface area contributed by atoms with Crippen molar-refractivity contribution in [3.05, 3.63) is 28.8 Å². The van der Waals surface area contributed by atoms with E-state index >= 15 is 0 Å². The highest BCUT2D eigenvalue weighted by molar-refractivity contribution is 8.13. The van der Waals surface area contributed by atoms with E-state index in [1.165, 1.54) is 11.8 Å². The minimum Gasteiger partial charge on any atom is -0.300 e. The number of halogens is 1. The van der Waals surface area contributed by atoms with Crippen molar-refractivity contribution in [3.8, 4) is 0 Å². The Morgan fingerprint density at radius 2 is 2.17 bits per heavy atom. The summed E-state index contributed by atoms with van der Waals surface area (Å²) >= 11 is 7.23. The van der Waals surface area contributed by atoms with Gasteiger partial charge in [0.1, 0.15) is 6.04 Å². The number of benzene rings is 1. The fourth-order valence-corrected chi connectivity index (χ4v) is 3.63. The van der Waals surface area contributed by atoms with Crippen molar-refractivity contribution in [1.82, 2.24) is 0 Å². The second kappa shape index (κ2) is 4.28. The Hall–Kier alpha value is -1.00. The second-order valence-corrected chi connectivity index (χ2v) is 6.19. The van der Waals surface area contributed by atoms with Crippen LogP contribution >= 0.6 is 23.4 Å². The van der Waals surface area contributed by atoms with Gasteiger partial charge in [-0.1, -0.05) is 30.3 Å². The predicted molar refractivity (Wildman–Crippen MR) is 73.1 cm³/mol. The van der Waals surface area contributed by atoms with E-state index in [1.807, 2.05) is 19.1 Å². The van der Waals surface area contributed by atoms with E-state index in [-0.39, 0.29) is 23.0 Å². The molecular weight excluding hydrogens is 270 g/mol. The van der Waals surface area contributed by atoms with Crippen molar-refractivity contribution in [2.24, 2.45) is 5.92 Å². The molecule has 2 unspecified atom stereocenters. The number of hydrogen-bond donors (Lipinski definition) is 0. The smallest absolute Gasteiger partial charge is 0.231 e. The van der Waals surface area contributed by atoms with Crippen molar-refractivity contribution in [1.29, 1.82) is 0 Å². The van der Waals surface area contributed by atoms with Crippen LogP contribution in [-0.2, 0) is 16.0 Å². The molecule has 2 aliphatic rings. The Kier molecular flexibility index (Phi) is 2.87. The van der Waals surface area contributed by atoms with Crippen LogP contribution in [0.4, 0.5) is 5.69 Å². The van der Waals surface area contributed by atoms with Crippen LogP contribution in [0.3, 0.4) is 0 Å². The Morgan fingerprint density at radius 3 is 2.94 bits per heavy atom. The lowest BCUT2D eigenvalue weighted by atomic mass is 10.1. The third-order valence-corrected chi connectivity index (χ3v) is 4.89. The molecule has 2 heterocycles. The van der Waals surface area contributed by atoms with Crippen molar-refractivity contribution in [3.63, 3.8) is 0 Å². The molecule has 0 radical (unpaired) electrons. The minimum absolute atomic E-state index is 0.0411. The van der Waals surface area contributed by atoms with Crippen molar-refractivity contribution < 1.29 is 9.59 Å². The van der Waals surface area contributed by atoms with Crippen LogP contribution in [0.2, 0.25) is 5.02 Å². The number of amides is 1. The number of hydrogen-bond acceptors (Lipinski definition) is 3. The van der Waals surface area contributed by atoms with E-state index in [9.17, 15) is 9.59 Å². The third-order valence-electron chi connectivity index (χ3n) is 3.43. The summed E-state index contributed by atoms with van der Waals surface area (Å²) in [5.74, 6) is 0.498. The van der Waals surface area contributed by atoms with Gasteiger partial charge in [-0.2, -0.15) is 0 Å². The van der Waals surface area contributed by atoms with E-state index < -0.39 is 0 Å². The maximum absolute atomic E-state index is 12.3. The summed E-state index contributed by atoms with van der Waals surface area (Å²) < 4.78 is 0. The Balaban J connectivity index is 2.09. The van der Waals surface area contributed by atoms with E-state index in [1.54, 1.807) is 11.0 Å². The zero-order chi connectivity index (χ0) is 12.9. The van der Waals surface area contributed by atoms with Crippen LogP contribution < -0.4 is 4.90 Å². The highest BCUT2D eigenvalue weighted by atomic mass is 35.5. The summed E-state index contributed by atoms with van der Waals surface area (Å²) in [5.41, 5.74) is 1.83. The molecule has 1 amide bonds. The topological polar surface area (TPSA) is 37.4 Å². The zero-order valence-electron chi connectivity index (χ0n) is 9.85. The van der Waals surface area contributed by atoms with Gasteiger partial charge in [-0.3, -0.25) is 9.59 Å². The molecule has 3 nitrogen and oxygen atoms in total. The summed E-state index contributed by atoms with van der Waals surface area (Å²) in [4.78, 5) is 26.1. The Labute approximate surface area is 114 Å². The first kappa shape index (κ1) is 12.1. The summed E-state index contributed by atoms with van der Waals surface area (Å²) in [6.07, 6.45) is 0.584. The maximum Gasteiger partial charge on any atom is 0.231 e. The van der Waals surface area contributed by atoms with Crippen molar-refractivity contribution in [2.75, 3.05) is 10.7 Å². The first-order chi connectivity index (χ1) is 8.58. The molecule has 1 saturated heterocycles. The number of carbonyl (C=O) groups excluding carboxylic acids is 2. The molecule has 1 fully saturated rings. The first-order valence-corrected chi connectivity index (χ1v) is 7.22. The minimum atomic E-state index is -0.346. The second-order valence-electron chi connectivity index (χ2n) is 4.73. The van der Waals surface area contributed by atoms with Gasteiger partial charge in [-0.25, -0.2) is 0 Å². The standard InChI is InChI=1S/C13H12ClNO2S/c1-7-6-18-13(17)11-5-8-4-9(14)2-3-10(8)15(11)12(7)16/h2-4,7,11H,5-6H2,1H3.